The Morgan fingerprint density at radius 2 is 2.19 bits per heavy atom. The van der Waals surface area contributed by atoms with Crippen LogP contribution in [0.1, 0.15) is 36.0 Å². The highest BCUT2D eigenvalue weighted by atomic mass is 16.5. The zero-order valence-electron chi connectivity index (χ0n) is 12.2. The summed E-state index contributed by atoms with van der Waals surface area (Å²) in [6.45, 7) is 1.21. The first kappa shape index (κ1) is 14.2. The Hall–Kier alpha value is -1.75. The minimum Gasteiger partial charge on any atom is -0.504 e. The van der Waals surface area contributed by atoms with Crippen molar-refractivity contribution in [3.63, 3.8) is 0 Å². The van der Waals surface area contributed by atoms with Crippen molar-refractivity contribution in [3.8, 4) is 11.5 Å². The third-order valence-corrected chi connectivity index (χ3v) is 4.42. The number of benzene rings is 1. The van der Waals surface area contributed by atoms with E-state index >= 15 is 0 Å². The molecular formula is C16H21NO4. The van der Waals surface area contributed by atoms with Crippen LogP contribution in [0.15, 0.2) is 18.2 Å². The van der Waals surface area contributed by atoms with Crippen LogP contribution >= 0.6 is 0 Å². The smallest absolute Gasteiger partial charge is 0.254 e. The molecule has 1 saturated carbocycles. The van der Waals surface area contributed by atoms with Gasteiger partial charge in [-0.05, 0) is 31.0 Å². The van der Waals surface area contributed by atoms with Crippen molar-refractivity contribution in [2.75, 3.05) is 20.3 Å². The predicted molar refractivity (Wildman–Crippen MR) is 77.7 cm³/mol. The van der Waals surface area contributed by atoms with E-state index in [2.05, 4.69) is 0 Å². The fourth-order valence-corrected chi connectivity index (χ4v) is 3.34. The molecule has 1 N–H and O–H groups in total. The number of hydrogen-bond donors (Lipinski definition) is 1. The number of amides is 1. The third-order valence-electron chi connectivity index (χ3n) is 4.42. The molecule has 3 rings (SSSR count). The van der Waals surface area contributed by atoms with E-state index in [-0.39, 0.29) is 23.8 Å². The van der Waals surface area contributed by atoms with Crippen LogP contribution in [0.25, 0.3) is 0 Å². The summed E-state index contributed by atoms with van der Waals surface area (Å²) >= 11 is 0. The Labute approximate surface area is 124 Å². The van der Waals surface area contributed by atoms with Crippen molar-refractivity contribution in [1.29, 1.82) is 0 Å². The number of ether oxygens (including phenoxy) is 2. The van der Waals surface area contributed by atoms with Crippen molar-refractivity contribution in [3.05, 3.63) is 23.8 Å². The number of fused-ring (bicyclic) bond motifs is 1. The largest absolute Gasteiger partial charge is 0.504 e. The van der Waals surface area contributed by atoms with E-state index in [1.54, 1.807) is 12.1 Å². The van der Waals surface area contributed by atoms with E-state index in [9.17, 15) is 9.90 Å². The third kappa shape index (κ3) is 2.70. The molecule has 5 heteroatoms. The lowest BCUT2D eigenvalue weighted by Gasteiger charge is -2.43. The van der Waals surface area contributed by atoms with Gasteiger partial charge in [-0.1, -0.05) is 12.8 Å². The molecule has 1 aliphatic heterocycles. The first-order valence-corrected chi connectivity index (χ1v) is 7.50. The average molecular weight is 291 g/mol. The van der Waals surface area contributed by atoms with Crippen LogP contribution in [0.3, 0.4) is 0 Å². The van der Waals surface area contributed by atoms with Gasteiger partial charge in [0.2, 0.25) is 0 Å². The molecule has 1 aromatic carbocycles. The van der Waals surface area contributed by atoms with Gasteiger partial charge < -0.3 is 19.5 Å². The quantitative estimate of drug-likeness (QED) is 0.907. The second-order valence-electron chi connectivity index (χ2n) is 5.65. The number of carbonyl (C=O) groups excluding carboxylic acids is 1. The fraction of sp³-hybridized carbons (Fsp3) is 0.562. The van der Waals surface area contributed by atoms with Gasteiger partial charge in [0.25, 0.3) is 5.91 Å². The Morgan fingerprint density at radius 1 is 1.38 bits per heavy atom. The Balaban J connectivity index is 1.81. The summed E-state index contributed by atoms with van der Waals surface area (Å²) in [6, 6.07) is 4.98. The maximum absolute atomic E-state index is 12.7. The second-order valence-corrected chi connectivity index (χ2v) is 5.65. The number of hydrogen-bond acceptors (Lipinski definition) is 4. The molecule has 5 nitrogen and oxygen atoms in total. The number of morpholine rings is 1. The van der Waals surface area contributed by atoms with E-state index in [1.807, 2.05) is 4.90 Å². The van der Waals surface area contributed by atoms with Gasteiger partial charge in [0, 0.05) is 12.1 Å². The molecule has 1 aliphatic carbocycles. The lowest BCUT2D eigenvalue weighted by molar-refractivity contribution is -0.0752. The van der Waals surface area contributed by atoms with Crippen molar-refractivity contribution in [2.45, 2.75) is 37.8 Å². The molecule has 0 spiro atoms. The molecular weight excluding hydrogens is 270 g/mol. The standard InChI is InChI=1S/C16H21NO4/c1-20-15-7-6-11(10-13(15)18)16(19)17-8-9-21-14-5-3-2-4-12(14)17/h6-7,10,12,14,18H,2-5,8-9H2,1H3. The van der Waals surface area contributed by atoms with E-state index in [4.69, 9.17) is 9.47 Å². The number of methoxy groups -OCH3 is 1. The SMILES string of the molecule is COc1ccc(C(=O)N2CCOC3CCCCC32)cc1O. The van der Waals surface area contributed by atoms with E-state index in [0.717, 1.165) is 19.3 Å². The summed E-state index contributed by atoms with van der Waals surface area (Å²) < 4.78 is 10.8. The Bertz CT molecular complexity index is 529. The number of carbonyl (C=O) groups is 1. The summed E-state index contributed by atoms with van der Waals surface area (Å²) in [4.78, 5) is 14.6. The lowest BCUT2D eigenvalue weighted by Crippen LogP contribution is -2.54. The molecule has 1 aromatic rings. The zero-order valence-corrected chi connectivity index (χ0v) is 12.2. The molecule has 21 heavy (non-hydrogen) atoms. The molecule has 1 heterocycles. The molecule has 2 unspecified atom stereocenters. The van der Waals surface area contributed by atoms with Crippen LogP contribution in [0.2, 0.25) is 0 Å². The Kier molecular flexibility index (Phi) is 4.01. The van der Waals surface area contributed by atoms with Gasteiger partial charge in [-0.2, -0.15) is 0 Å². The maximum atomic E-state index is 12.7. The number of rotatable bonds is 2. The maximum Gasteiger partial charge on any atom is 0.254 e. The van der Waals surface area contributed by atoms with Crippen LogP contribution in [-0.4, -0.2) is 48.3 Å². The minimum absolute atomic E-state index is 0.00296. The summed E-state index contributed by atoms with van der Waals surface area (Å²) in [6.07, 6.45) is 4.51. The Morgan fingerprint density at radius 3 is 2.95 bits per heavy atom. The first-order valence-electron chi connectivity index (χ1n) is 7.50. The first-order chi connectivity index (χ1) is 10.2. The van der Waals surface area contributed by atoms with Gasteiger partial charge in [0.15, 0.2) is 11.5 Å². The normalized spacial score (nSPS) is 25.3. The van der Waals surface area contributed by atoms with Gasteiger partial charge >= 0.3 is 0 Å². The van der Waals surface area contributed by atoms with Gasteiger partial charge in [-0.3, -0.25) is 4.79 Å². The van der Waals surface area contributed by atoms with Crippen molar-refractivity contribution in [2.24, 2.45) is 0 Å². The average Bonchev–Trinajstić information content (AvgIpc) is 2.53. The minimum atomic E-state index is -0.0341. The van der Waals surface area contributed by atoms with Gasteiger partial charge in [0.05, 0.1) is 25.9 Å². The highest BCUT2D eigenvalue weighted by molar-refractivity contribution is 5.95. The topological polar surface area (TPSA) is 59.0 Å². The van der Waals surface area contributed by atoms with E-state index < -0.39 is 0 Å². The molecule has 1 saturated heterocycles. The number of nitrogens with zero attached hydrogens (tertiary/aromatic N) is 1. The number of phenolic OH excluding ortho intramolecular Hbond substituents is 1. The highest BCUT2D eigenvalue weighted by Gasteiger charge is 2.37. The van der Waals surface area contributed by atoms with Gasteiger partial charge in [-0.15, -0.1) is 0 Å². The summed E-state index contributed by atoms with van der Waals surface area (Å²) in [5.74, 6) is 0.342. The number of phenols is 1. The summed E-state index contributed by atoms with van der Waals surface area (Å²) in [5, 5.41) is 9.85. The number of aromatic hydroxyl groups is 1. The van der Waals surface area contributed by atoms with Crippen molar-refractivity contribution in [1.82, 2.24) is 4.90 Å². The van der Waals surface area contributed by atoms with Crippen molar-refractivity contribution < 1.29 is 19.4 Å². The van der Waals surface area contributed by atoms with Crippen LogP contribution in [0, 0.1) is 0 Å². The molecule has 1 amide bonds. The highest BCUT2D eigenvalue weighted by Crippen LogP contribution is 2.31. The van der Waals surface area contributed by atoms with Crippen LogP contribution in [0.4, 0.5) is 0 Å². The van der Waals surface area contributed by atoms with Gasteiger partial charge in [0.1, 0.15) is 0 Å². The molecule has 2 atom stereocenters. The van der Waals surface area contributed by atoms with Crippen LogP contribution in [0.5, 0.6) is 11.5 Å². The molecule has 2 fully saturated rings. The zero-order chi connectivity index (χ0) is 14.8. The summed E-state index contributed by atoms with van der Waals surface area (Å²) in [7, 11) is 1.49. The molecule has 2 aliphatic rings. The molecule has 114 valence electrons. The summed E-state index contributed by atoms with van der Waals surface area (Å²) in [5.41, 5.74) is 0.500. The van der Waals surface area contributed by atoms with E-state index in [0.29, 0.717) is 24.5 Å². The fourth-order valence-electron chi connectivity index (χ4n) is 3.34. The predicted octanol–water partition coefficient (Wildman–Crippen LogP) is 2.18. The van der Waals surface area contributed by atoms with Crippen LogP contribution < -0.4 is 4.74 Å². The lowest BCUT2D eigenvalue weighted by atomic mass is 9.89. The van der Waals surface area contributed by atoms with Crippen LogP contribution in [-0.2, 0) is 4.74 Å². The molecule has 0 aromatic heterocycles. The van der Waals surface area contributed by atoms with Crippen molar-refractivity contribution >= 4 is 5.91 Å². The van der Waals surface area contributed by atoms with E-state index in [1.165, 1.54) is 19.6 Å². The molecule has 0 radical (unpaired) electrons. The monoisotopic (exact) mass is 291 g/mol. The second kappa shape index (κ2) is 5.93. The van der Waals surface area contributed by atoms with Gasteiger partial charge in [-0.25, -0.2) is 0 Å². The molecule has 0 bridgehead atoms.